The predicted molar refractivity (Wildman–Crippen MR) is 92.9 cm³/mol. The van der Waals surface area contributed by atoms with E-state index in [-0.39, 0.29) is 31.0 Å². The van der Waals surface area contributed by atoms with Crippen LogP contribution in [-0.2, 0) is 11.2 Å². The van der Waals surface area contributed by atoms with E-state index >= 15 is 0 Å². The Labute approximate surface area is 144 Å². The fourth-order valence-corrected chi connectivity index (χ4v) is 4.03. The second-order valence-electron chi connectivity index (χ2n) is 5.53. The van der Waals surface area contributed by atoms with Crippen molar-refractivity contribution in [1.82, 2.24) is 0 Å². The topological polar surface area (TPSA) is 73.6 Å². The van der Waals surface area contributed by atoms with Crippen LogP contribution in [0.2, 0.25) is 0 Å². The Balaban J connectivity index is 0.00000156. The van der Waals surface area contributed by atoms with E-state index in [0.29, 0.717) is 22.9 Å². The number of nitrogens with one attached hydrogen (secondary N) is 1. The van der Waals surface area contributed by atoms with Crippen LogP contribution in [0.25, 0.3) is 0 Å². The van der Waals surface area contributed by atoms with E-state index in [1.165, 1.54) is 4.88 Å². The molecule has 23 heavy (non-hydrogen) atoms. The first-order valence-corrected chi connectivity index (χ1v) is 8.16. The van der Waals surface area contributed by atoms with Crippen molar-refractivity contribution in [3.63, 3.8) is 0 Å². The van der Waals surface area contributed by atoms with Crippen molar-refractivity contribution in [3.8, 4) is 11.5 Å². The van der Waals surface area contributed by atoms with Gasteiger partial charge >= 0.3 is 0 Å². The molecule has 1 unspecified atom stereocenters. The lowest BCUT2D eigenvalue weighted by Gasteiger charge is -2.22. The fraction of sp³-hybridized carbons (Fsp3) is 0.312. The standard InChI is InChI=1S/C16H16N2O3S.ClH/c17-11-6-13-14(21-8-20-13)7-12(11)18-16(19)10-2-1-3-15-9(10)4-5-22-15;/h4-7,10H,1-3,8,17H2,(H,18,19);1H. The third-order valence-corrected chi connectivity index (χ3v) is 5.17. The number of halogens is 1. The third kappa shape index (κ3) is 2.84. The Morgan fingerprint density at radius 1 is 1.30 bits per heavy atom. The minimum absolute atomic E-state index is 0. The number of ether oxygens (including phenoxy) is 2. The molecule has 0 radical (unpaired) electrons. The summed E-state index contributed by atoms with van der Waals surface area (Å²) in [6.07, 6.45) is 2.99. The summed E-state index contributed by atoms with van der Waals surface area (Å²) in [5, 5.41) is 5.01. The molecule has 0 fully saturated rings. The molecule has 4 rings (SSSR count). The van der Waals surface area contributed by atoms with Crippen LogP contribution >= 0.6 is 23.7 Å². The number of nitrogens with two attached hydrogens (primary N) is 1. The molecule has 1 aliphatic carbocycles. The van der Waals surface area contributed by atoms with Gasteiger partial charge in [-0.2, -0.15) is 0 Å². The highest BCUT2D eigenvalue weighted by Crippen LogP contribution is 2.40. The van der Waals surface area contributed by atoms with Gasteiger partial charge in [-0.05, 0) is 36.3 Å². The number of carbonyl (C=O) groups excluding carboxylic acids is 1. The molecule has 2 aromatic rings. The second kappa shape index (κ2) is 6.29. The highest BCUT2D eigenvalue weighted by Gasteiger charge is 2.28. The summed E-state index contributed by atoms with van der Waals surface area (Å²) < 4.78 is 10.6. The third-order valence-electron chi connectivity index (χ3n) is 4.17. The smallest absolute Gasteiger partial charge is 0.232 e. The van der Waals surface area contributed by atoms with Crippen molar-refractivity contribution >= 4 is 41.0 Å². The summed E-state index contributed by atoms with van der Waals surface area (Å²) in [5.74, 6) is 1.13. The van der Waals surface area contributed by atoms with Gasteiger partial charge < -0.3 is 20.5 Å². The molecule has 1 aromatic heterocycles. The van der Waals surface area contributed by atoms with Gasteiger partial charge in [-0.15, -0.1) is 23.7 Å². The van der Waals surface area contributed by atoms with E-state index in [0.717, 1.165) is 24.8 Å². The van der Waals surface area contributed by atoms with Gasteiger partial charge in [0.05, 0.1) is 17.3 Å². The van der Waals surface area contributed by atoms with Gasteiger partial charge in [0, 0.05) is 17.0 Å². The summed E-state index contributed by atoms with van der Waals surface area (Å²) in [6.45, 7) is 0.188. The molecule has 2 aliphatic rings. The van der Waals surface area contributed by atoms with Gasteiger partial charge in [0.2, 0.25) is 12.7 Å². The van der Waals surface area contributed by atoms with Crippen molar-refractivity contribution in [2.24, 2.45) is 0 Å². The molecule has 3 N–H and O–H groups in total. The number of benzene rings is 1. The monoisotopic (exact) mass is 352 g/mol. The Kier molecular flexibility index (Phi) is 4.37. The number of hydrogen-bond donors (Lipinski definition) is 2. The summed E-state index contributed by atoms with van der Waals surface area (Å²) >= 11 is 1.73. The zero-order valence-electron chi connectivity index (χ0n) is 12.3. The lowest BCUT2D eigenvalue weighted by Crippen LogP contribution is -2.24. The summed E-state index contributed by atoms with van der Waals surface area (Å²) in [7, 11) is 0. The maximum atomic E-state index is 12.6. The molecule has 1 aromatic carbocycles. The number of carbonyl (C=O) groups is 1. The van der Waals surface area contributed by atoms with Gasteiger partial charge in [-0.25, -0.2) is 0 Å². The maximum absolute atomic E-state index is 12.6. The van der Waals surface area contributed by atoms with Gasteiger partial charge in [-0.1, -0.05) is 0 Å². The molecule has 122 valence electrons. The minimum Gasteiger partial charge on any atom is -0.454 e. The van der Waals surface area contributed by atoms with Crippen molar-refractivity contribution < 1.29 is 14.3 Å². The molecule has 0 saturated heterocycles. The summed E-state index contributed by atoms with van der Waals surface area (Å²) in [5.41, 5.74) is 8.22. The lowest BCUT2D eigenvalue weighted by atomic mass is 9.87. The zero-order valence-corrected chi connectivity index (χ0v) is 14.0. The molecule has 0 saturated carbocycles. The quantitative estimate of drug-likeness (QED) is 0.811. The van der Waals surface area contributed by atoms with Crippen molar-refractivity contribution in [1.29, 1.82) is 0 Å². The molecular weight excluding hydrogens is 336 g/mol. The largest absolute Gasteiger partial charge is 0.454 e. The van der Waals surface area contributed by atoms with Gasteiger partial charge in [-0.3, -0.25) is 4.79 Å². The molecule has 1 amide bonds. The highest BCUT2D eigenvalue weighted by molar-refractivity contribution is 7.10. The molecule has 1 atom stereocenters. The fourth-order valence-electron chi connectivity index (χ4n) is 3.04. The molecule has 0 spiro atoms. The van der Waals surface area contributed by atoms with Crippen molar-refractivity contribution in [2.75, 3.05) is 17.8 Å². The number of thiophene rings is 1. The predicted octanol–water partition coefficient (Wildman–Crippen LogP) is 3.54. The zero-order chi connectivity index (χ0) is 15.1. The summed E-state index contributed by atoms with van der Waals surface area (Å²) in [4.78, 5) is 14.0. The number of nitrogen functional groups attached to an aromatic ring is 1. The Morgan fingerprint density at radius 2 is 2.09 bits per heavy atom. The Hall–Kier alpha value is -1.92. The van der Waals surface area contributed by atoms with Crippen LogP contribution in [0.1, 0.15) is 29.2 Å². The van der Waals surface area contributed by atoms with E-state index in [9.17, 15) is 4.79 Å². The van der Waals surface area contributed by atoms with E-state index in [2.05, 4.69) is 16.8 Å². The average Bonchev–Trinajstić information content (AvgIpc) is 3.15. The van der Waals surface area contributed by atoms with Gasteiger partial charge in [0.25, 0.3) is 0 Å². The molecule has 2 heterocycles. The first kappa shape index (κ1) is 16.0. The lowest BCUT2D eigenvalue weighted by molar-refractivity contribution is -0.117. The maximum Gasteiger partial charge on any atom is 0.232 e. The van der Waals surface area contributed by atoms with Crippen molar-refractivity contribution in [2.45, 2.75) is 25.2 Å². The first-order valence-electron chi connectivity index (χ1n) is 7.28. The van der Waals surface area contributed by atoms with E-state index in [1.807, 2.05) is 0 Å². The average molecular weight is 353 g/mol. The van der Waals surface area contributed by atoms with Crippen LogP contribution in [0.4, 0.5) is 11.4 Å². The number of anilines is 2. The van der Waals surface area contributed by atoms with Crippen LogP contribution in [-0.4, -0.2) is 12.7 Å². The highest BCUT2D eigenvalue weighted by atomic mass is 35.5. The van der Waals surface area contributed by atoms with E-state index < -0.39 is 0 Å². The number of hydrogen-bond acceptors (Lipinski definition) is 5. The van der Waals surface area contributed by atoms with Crippen LogP contribution < -0.4 is 20.5 Å². The first-order chi connectivity index (χ1) is 10.7. The molecule has 5 nitrogen and oxygen atoms in total. The van der Waals surface area contributed by atoms with Crippen molar-refractivity contribution in [3.05, 3.63) is 34.0 Å². The Bertz CT molecular complexity index is 747. The summed E-state index contributed by atoms with van der Waals surface area (Å²) in [6, 6.07) is 5.48. The van der Waals surface area contributed by atoms with E-state index in [1.54, 1.807) is 23.5 Å². The van der Waals surface area contributed by atoms with Gasteiger partial charge in [0.15, 0.2) is 11.5 Å². The normalized spacial score (nSPS) is 18.0. The molecule has 1 aliphatic heterocycles. The van der Waals surface area contributed by atoms with Crippen LogP contribution in [0, 0.1) is 0 Å². The Morgan fingerprint density at radius 3 is 2.91 bits per heavy atom. The number of aryl methyl sites for hydroxylation is 1. The van der Waals surface area contributed by atoms with E-state index in [4.69, 9.17) is 15.2 Å². The second-order valence-corrected chi connectivity index (χ2v) is 6.53. The number of fused-ring (bicyclic) bond motifs is 2. The van der Waals surface area contributed by atoms with Crippen LogP contribution in [0.5, 0.6) is 11.5 Å². The van der Waals surface area contributed by atoms with Crippen LogP contribution in [0.3, 0.4) is 0 Å². The molecule has 7 heteroatoms. The number of amides is 1. The number of rotatable bonds is 2. The van der Waals surface area contributed by atoms with Gasteiger partial charge in [0.1, 0.15) is 0 Å². The molecule has 0 bridgehead atoms. The van der Waals surface area contributed by atoms with Crippen LogP contribution in [0.15, 0.2) is 23.6 Å². The minimum atomic E-state index is -0.0974. The molecular formula is C16H17ClN2O3S. The SMILES string of the molecule is Cl.Nc1cc2c(cc1NC(=O)C1CCCc3sccc31)OCO2.